The van der Waals surface area contributed by atoms with Gasteiger partial charge in [-0.1, -0.05) is 35.5 Å². The first-order valence-corrected chi connectivity index (χ1v) is 6.36. The lowest BCUT2D eigenvalue weighted by Crippen LogP contribution is -1.95. The van der Waals surface area contributed by atoms with Gasteiger partial charge in [-0.2, -0.15) is 0 Å². The average molecular weight is 317 g/mol. The molecule has 0 saturated heterocycles. The molecule has 2 rings (SSSR count). The maximum absolute atomic E-state index is 6.06. The number of aromatic nitrogens is 2. The molecule has 6 heteroatoms. The molecule has 0 fully saturated rings. The van der Waals surface area contributed by atoms with Gasteiger partial charge in [-0.25, -0.2) is 9.97 Å². The van der Waals surface area contributed by atoms with Crippen molar-refractivity contribution in [3.8, 4) is 0 Å². The van der Waals surface area contributed by atoms with Crippen molar-refractivity contribution < 1.29 is 0 Å². The lowest BCUT2D eigenvalue weighted by molar-refractivity contribution is 1.04. The number of nitrogens with two attached hydrogens (primary N) is 1. The van der Waals surface area contributed by atoms with E-state index < -0.39 is 0 Å². The van der Waals surface area contributed by atoms with E-state index in [1.807, 2.05) is 24.3 Å². The van der Waals surface area contributed by atoms with Gasteiger partial charge in [-0.05, 0) is 28.1 Å². The van der Waals surface area contributed by atoms with Crippen LogP contribution < -0.4 is 5.73 Å². The fourth-order valence-corrected chi connectivity index (χ4v) is 2.56. The number of anilines is 1. The third kappa shape index (κ3) is 2.66. The molecule has 0 aliphatic carbocycles. The van der Waals surface area contributed by atoms with Crippen LogP contribution in [-0.2, 0) is 0 Å². The SMILES string of the molecule is Nc1ncc(Br)c(Sc2ccccc2Cl)n1. The lowest BCUT2D eigenvalue weighted by atomic mass is 10.4. The Balaban J connectivity index is 2.34. The maximum atomic E-state index is 6.06. The Morgan fingerprint density at radius 3 is 2.81 bits per heavy atom. The summed E-state index contributed by atoms with van der Waals surface area (Å²) in [6.07, 6.45) is 1.63. The summed E-state index contributed by atoms with van der Waals surface area (Å²) in [7, 11) is 0. The molecule has 0 unspecified atom stereocenters. The van der Waals surface area contributed by atoms with Crippen molar-refractivity contribution in [1.82, 2.24) is 9.97 Å². The predicted molar refractivity (Wildman–Crippen MR) is 69.7 cm³/mol. The van der Waals surface area contributed by atoms with Crippen molar-refractivity contribution in [3.05, 3.63) is 40.0 Å². The van der Waals surface area contributed by atoms with Crippen molar-refractivity contribution in [2.45, 2.75) is 9.92 Å². The summed E-state index contributed by atoms with van der Waals surface area (Å²) in [5.41, 5.74) is 5.53. The Morgan fingerprint density at radius 2 is 2.06 bits per heavy atom. The van der Waals surface area contributed by atoms with Gasteiger partial charge in [0.05, 0.1) is 9.50 Å². The number of halogens is 2. The van der Waals surface area contributed by atoms with E-state index in [2.05, 4.69) is 25.9 Å². The molecule has 0 spiro atoms. The summed E-state index contributed by atoms with van der Waals surface area (Å²) in [6.45, 7) is 0. The molecule has 1 aromatic carbocycles. The Hall–Kier alpha value is -0.780. The van der Waals surface area contributed by atoms with E-state index in [-0.39, 0.29) is 5.95 Å². The van der Waals surface area contributed by atoms with Crippen LogP contribution in [0.3, 0.4) is 0 Å². The zero-order chi connectivity index (χ0) is 11.5. The van der Waals surface area contributed by atoms with E-state index in [0.29, 0.717) is 5.02 Å². The third-order valence-electron chi connectivity index (χ3n) is 1.77. The molecule has 1 heterocycles. The number of hydrogen-bond acceptors (Lipinski definition) is 4. The summed E-state index contributed by atoms with van der Waals surface area (Å²) < 4.78 is 0.798. The monoisotopic (exact) mass is 315 g/mol. The van der Waals surface area contributed by atoms with Crippen molar-refractivity contribution in [2.75, 3.05) is 5.73 Å². The van der Waals surface area contributed by atoms with E-state index in [1.54, 1.807) is 6.20 Å². The zero-order valence-electron chi connectivity index (χ0n) is 8.02. The molecular formula is C10H7BrClN3S. The number of hydrogen-bond donors (Lipinski definition) is 1. The van der Waals surface area contributed by atoms with Crippen molar-refractivity contribution in [1.29, 1.82) is 0 Å². The van der Waals surface area contributed by atoms with Gasteiger partial charge in [-0.15, -0.1) is 0 Å². The first kappa shape index (κ1) is 11.7. The molecule has 2 N–H and O–H groups in total. The van der Waals surface area contributed by atoms with E-state index in [1.165, 1.54) is 11.8 Å². The number of nitrogen functional groups attached to an aromatic ring is 1. The summed E-state index contributed by atoms with van der Waals surface area (Å²) in [4.78, 5) is 8.94. The second-order valence-corrected chi connectivity index (χ2v) is 5.21. The molecule has 0 bridgehead atoms. The highest BCUT2D eigenvalue weighted by Gasteiger charge is 2.07. The van der Waals surface area contributed by atoms with Crippen LogP contribution in [0.15, 0.2) is 44.9 Å². The standard InChI is InChI=1S/C10H7BrClN3S/c11-6-5-14-10(13)15-9(6)16-8-4-2-1-3-7(8)12/h1-5H,(H2,13,14,15). The summed E-state index contributed by atoms with van der Waals surface area (Å²) >= 11 is 10.9. The van der Waals surface area contributed by atoms with Gasteiger partial charge < -0.3 is 5.73 Å². The Bertz CT molecular complexity index is 521. The summed E-state index contributed by atoms with van der Waals surface area (Å²) in [6, 6.07) is 7.57. The van der Waals surface area contributed by atoms with E-state index in [0.717, 1.165) is 14.4 Å². The van der Waals surface area contributed by atoms with Gasteiger partial charge in [0.1, 0.15) is 5.03 Å². The zero-order valence-corrected chi connectivity index (χ0v) is 11.2. The van der Waals surface area contributed by atoms with Crippen LogP contribution in [0.2, 0.25) is 5.02 Å². The third-order valence-corrected chi connectivity index (χ3v) is 4.14. The van der Waals surface area contributed by atoms with Crippen LogP contribution in [0, 0.1) is 0 Å². The smallest absolute Gasteiger partial charge is 0.221 e. The fourth-order valence-electron chi connectivity index (χ4n) is 1.07. The highest BCUT2D eigenvalue weighted by atomic mass is 79.9. The Kier molecular flexibility index (Phi) is 3.68. The topological polar surface area (TPSA) is 51.8 Å². The Labute approximate surface area is 111 Å². The van der Waals surface area contributed by atoms with Gasteiger partial charge in [0.25, 0.3) is 0 Å². The highest BCUT2D eigenvalue weighted by molar-refractivity contribution is 9.10. The molecule has 2 aromatic rings. The second-order valence-electron chi connectivity index (χ2n) is 2.91. The van der Waals surface area contributed by atoms with Crippen LogP contribution in [0.4, 0.5) is 5.95 Å². The van der Waals surface area contributed by atoms with E-state index in [4.69, 9.17) is 17.3 Å². The van der Waals surface area contributed by atoms with Crippen molar-refractivity contribution >= 4 is 45.2 Å². The van der Waals surface area contributed by atoms with Gasteiger partial charge in [0, 0.05) is 11.1 Å². The summed E-state index contributed by atoms with van der Waals surface area (Å²) in [5.74, 6) is 0.248. The fraction of sp³-hybridized carbons (Fsp3) is 0. The minimum atomic E-state index is 0.248. The Morgan fingerprint density at radius 1 is 1.31 bits per heavy atom. The quantitative estimate of drug-likeness (QED) is 0.860. The molecule has 82 valence electrons. The minimum Gasteiger partial charge on any atom is -0.368 e. The van der Waals surface area contributed by atoms with Crippen LogP contribution in [0.25, 0.3) is 0 Å². The molecule has 0 amide bonds. The van der Waals surface area contributed by atoms with Gasteiger partial charge >= 0.3 is 0 Å². The lowest BCUT2D eigenvalue weighted by Gasteiger charge is -2.05. The largest absolute Gasteiger partial charge is 0.368 e. The number of rotatable bonds is 2. The average Bonchev–Trinajstić information content (AvgIpc) is 2.27. The molecule has 1 aromatic heterocycles. The number of benzene rings is 1. The van der Waals surface area contributed by atoms with Crippen LogP contribution in [0.5, 0.6) is 0 Å². The van der Waals surface area contributed by atoms with Gasteiger partial charge in [0.15, 0.2) is 0 Å². The first-order valence-electron chi connectivity index (χ1n) is 4.37. The van der Waals surface area contributed by atoms with Crippen LogP contribution in [-0.4, -0.2) is 9.97 Å². The second kappa shape index (κ2) is 5.03. The van der Waals surface area contributed by atoms with Gasteiger partial charge in [0.2, 0.25) is 5.95 Å². The number of nitrogens with zero attached hydrogens (tertiary/aromatic N) is 2. The van der Waals surface area contributed by atoms with Gasteiger partial charge in [-0.3, -0.25) is 0 Å². The van der Waals surface area contributed by atoms with E-state index >= 15 is 0 Å². The molecule has 0 atom stereocenters. The molecule has 0 aliphatic rings. The summed E-state index contributed by atoms with van der Waals surface area (Å²) in [5, 5.41) is 1.44. The first-order chi connectivity index (χ1) is 7.66. The molecule has 3 nitrogen and oxygen atoms in total. The van der Waals surface area contributed by atoms with Crippen LogP contribution in [0.1, 0.15) is 0 Å². The molecule has 0 saturated carbocycles. The van der Waals surface area contributed by atoms with Crippen molar-refractivity contribution in [3.63, 3.8) is 0 Å². The molecule has 16 heavy (non-hydrogen) atoms. The normalized spacial score (nSPS) is 10.4. The molecule has 0 aliphatic heterocycles. The maximum Gasteiger partial charge on any atom is 0.221 e. The highest BCUT2D eigenvalue weighted by Crippen LogP contribution is 2.35. The predicted octanol–water partition coefficient (Wildman–Crippen LogP) is 3.63. The van der Waals surface area contributed by atoms with E-state index in [9.17, 15) is 0 Å². The molecule has 0 radical (unpaired) electrons. The van der Waals surface area contributed by atoms with Crippen molar-refractivity contribution in [2.24, 2.45) is 0 Å². The van der Waals surface area contributed by atoms with Crippen LogP contribution >= 0.6 is 39.3 Å². The minimum absolute atomic E-state index is 0.248. The molecular weight excluding hydrogens is 310 g/mol.